The molecular formula is C13H18N2O3. The van der Waals surface area contributed by atoms with Crippen LogP contribution in [0.25, 0.3) is 0 Å². The number of hydrogen-bond donors (Lipinski definition) is 4. The molecule has 0 radical (unpaired) electrons. The summed E-state index contributed by atoms with van der Waals surface area (Å²) in [5.41, 5.74) is 5.44. The summed E-state index contributed by atoms with van der Waals surface area (Å²) >= 11 is 0. The van der Waals surface area contributed by atoms with Crippen molar-refractivity contribution in [1.29, 1.82) is 0 Å². The van der Waals surface area contributed by atoms with E-state index >= 15 is 0 Å². The zero-order valence-corrected chi connectivity index (χ0v) is 10.3. The SMILES string of the molecule is CC(CN)(NC(=O)c1ccc(O)cc1O)C1CC1. The molecule has 5 nitrogen and oxygen atoms in total. The van der Waals surface area contributed by atoms with E-state index < -0.39 is 5.54 Å². The normalized spacial score (nSPS) is 18.1. The second-order valence-electron chi connectivity index (χ2n) is 5.05. The van der Waals surface area contributed by atoms with Crippen LogP contribution in [0.5, 0.6) is 11.5 Å². The van der Waals surface area contributed by atoms with Gasteiger partial charge in [0.15, 0.2) is 0 Å². The Labute approximate surface area is 106 Å². The highest BCUT2D eigenvalue weighted by molar-refractivity contribution is 5.97. The van der Waals surface area contributed by atoms with Crippen molar-refractivity contribution >= 4 is 5.91 Å². The lowest BCUT2D eigenvalue weighted by atomic mass is 9.95. The maximum Gasteiger partial charge on any atom is 0.255 e. The molecule has 1 atom stereocenters. The summed E-state index contributed by atoms with van der Waals surface area (Å²) < 4.78 is 0. The van der Waals surface area contributed by atoms with Gasteiger partial charge in [0, 0.05) is 12.6 Å². The van der Waals surface area contributed by atoms with Gasteiger partial charge >= 0.3 is 0 Å². The lowest BCUT2D eigenvalue weighted by molar-refractivity contribution is 0.0895. The number of phenolic OH excluding ortho intramolecular Hbond substituents is 2. The minimum atomic E-state index is -0.429. The van der Waals surface area contributed by atoms with E-state index in [-0.39, 0.29) is 23.0 Å². The fraction of sp³-hybridized carbons (Fsp3) is 0.462. The van der Waals surface area contributed by atoms with Gasteiger partial charge in [-0.3, -0.25) is 4.79 Å². The second-order valence-corrected chi connectivity index (χ2v) is 5.05. The van der Waals surface area contributed by atoms with Crippen LogP contribution in [0.2, 0.25) is 0 Å². The molecule has 0 aliphatic heterocycles. The fourth-order valence-electron chi connectivity index (χ4n) is 2.08. The number of phenols is 2. The van der Waals surface area contributed by atoms with Crippen molar-refractivity contribution in [3.05, 3.63) is 23.8 Å². The quantitative estimate of drug-likeness (QED) is 0.640. The molecule has 0 aromatic heterocycles. The number of benzene rings is 1. The van der Waals surface area contributed by atoms with Crippen LogP contribution in [-0.2, 0) is 0 Å². The van der Waals surface area contributed by atoms with Gasteiger partial charge in [0.25, 0.3) is 5.91 Å². The van der Waals surface area contributed by atoms with Crippen molar-refractivity contribution in [2.75, 3.05) is 6.54 Å². The van der Waals surface area contributed by atoms with Gasteiger partial charge < -0.3 is 21.3 Å². The first-order valence-electron chi connectivity index (χ1n) is 6.01. The molecule has 5 heteroatoms. The molecule has 1 amide bonds. The number of hydrogen-bond acceptors (Lipinski definition) is 4. The van der Waals surface area contributed by atoms with Gasteiger partial charge in [-0.15, -0.1) is 0 Å². The Morgan fingerprint density at radius 2 is 2.17 bits per heavy atom. The minimum absolute atomic E-state index is 0.0761. The number of aromatic hydroxyl groups is 2. The van der Waals surface area contributed by atoms with E-state index in [0.717, 1.165) is 18.9 Å². The van der Waals surface area contributed by atoms with Crippen LogP contribution in [-0.4, -0.2) is 28.2 Å². The molecule has 1 saturated carbocycles. The number of amides is 1. The van der Waals surface area contributed by atoms with Gasteiger partial charge in [-0.2, -0.15) is 0 Å². The number of nitrogens with one attached hydrogen (secondary N) is 1. The van der Waals surface area contributed by atoms with E-state index in [1.54, 1.807) is 0 Å². The number of carbonyl (C=O) groups is 1. The predicted octanol–water partition coefficient (Wildman–Crippen LogP) is 0.955. The second kappa shape index (κ2) is 4.49. The molecule has 1 aromatic carbocycles. The molecule has 0 saturated heterocycles. The largest absolute Gasteiger partial charge is 0.508 e. The van der Waals surface area contributed by atoms with Crippen LogP contribution in [0.1, 0.15) is 30.1 Å². The van der Waals surface area contributed by atoms with Gasteiger partial charge in [-0.25, -0.2) is 0 Å². The number of rotatable bonds is 4. The first kappa shape index (κ1) is 12.7. The maximum atomic E-state index is 12.1. The van der Waals surface area contributed by atoms with Crippen LogP contribution < -0.4 is 11.1 Å². The first-order chi connectivity index (χ1) is 8.46. The molecule has 2 rings (SSSR count). The van der Waals surface area contributed by atoms with Crippen molar-refractivity contribution in [1.82, 2.24) is 5.32 Å². The van der Waals surface area contributed by atoms with Crippen molar-refractivity contribution < 1.29 is 15.0 Å². The first-order valence-corrected chi connectivity index (χ1v) is 6.01. The zero-order valence-electron chi connectivity index (χ0n) is 10.3. The topological polar surface area (TPSA) is 95.6 Å². The fourth-order valence-corrected chi connectivity index (χ4v) is 2.08. The third-order valence-electron chi connectivity index (χ3n) is 3.53. The average Bonchev–Trinajstić information content (AvgIpc) is 3.12. The van der Waals surface area contributed by atoms with E-state index in [4.69, 9.17) is 5.73 Å². The van der Waals surface area contributed by atoms with Crippen LogP contribution in [0.4, 0.5) is 0 Å². The van der Waals surface area contributed by atoms with E-state index in [1.807, 2.05) is 6.92 Å². The van der Waals surface area contributed by atoms with Gasteiger partial charge in [0.2, 0.25) is 0 Å². The van der Waals surface area contributed by atoms with E-state index in [2.05, 4.69) is 5.32 Å². The Balaban J connectivity index is 2.16. The smallest absolute Gasteiger partial charge is 0.255 e. The summed E-state index contributed by atoms with van der Waals surface area (Å²) in [4.78, 5) is 12.1. The molecule has 0 spiro atoms. The van der Waals surface area contributed by atoms with E-state index in [0.29, 0.717) is 12.5 Å². The van der Waals surface area contributed by atoms with Crippen molar-refractivity contribution in [2.45, 2.75) is 25.3 Å². The van der Waals surface area contributed by atoms with Crippen LogP contribution in [0.3, 0.4) is 0 Å². The molecule has 0 bridgehead atoms. The maximum absolute atomic E-state index is 12.1. The van der Waals surface area contributed by atoms with Gasteiger partial charge in [-0.1, -0.05) is 0 Å². The molecule has 18 heavy (non-hydrogen) atoms. The molecule has 5 N–H and O–H groups in total. The summed E-state index contributed by atoms with van der Waals surface area (Å²) in [6, 6.07) is 3.90. The van der Waals surface area contributed by atoms with Gasteiger partial charge in [0.1, 0.15) is 11.5 Å². The van der Waals surface area contributed by atoms with Crippen LogP contribution in [0, 0.1) is 5.92 Å². The Kier molecular flexibility index (Phi) is 3.17. The Hall–Kier alpha value is -1.75. The summed E-state index contributed by atoms with van der Waals surface area (Å²) in [5, 5.41) is 21.7. The zero-order chi connectivity index (χ0) is 13.3. The predicted molar refractivity (Wildman–Crippen MR) is 67.4 cm³/mol. The van der Waals surface area contributed by atoms with Gasteiger partial charge in [0.05, 0.1) is 11.1 Å². The van der Waals surface area contributed by atoms with Crippen molar-refractivity contribution in [2.24, 2.45) is 11.7 Å². The highest BCUT2D eigenvalue weighted by atomic mass is 16.3. The standard InChI is InChI=1S/C13H18N2O3/c1-13(7-14,8-2-3-8)15-12(18)10-5-4-9(16)6-11(10)17/h4-6,8,16-17H,2-3,7,14H2,1H3,(H,15,18). The Bertz CT molecular complexity index is 471. The molecule has 0 heterocycles. The van der Waals surface area contributed by atoms with Crippen LogP contribution >= 0.6 is 0 Å². The molecule has 1 unspecified atom stereocenters. The molecular weight excluding hydrogens is 232 g/mol. The molecule has 1 fully saturated rings. The van der Waals surface area contributed by atoms with E-state index in [1.165, 1.54) is 12.1 Å². The summed E-state index contributed by atoms with van der Waals surface area (Å²) in [5.74, 6) is -0.270. The number of carbonyl (C=O) groups excluding carboxylic acids is 1. The minimum Gasteiger partial charge on any atom is -0.508 e. The van der Waals surface area contributed by atoms with Crippen LogP contribution in [0.15, 0.2) is 18.2 Å². The highest BCUT2D eigenvalue weighted by Gasteiger charge is 2.41. The summed E-state index contributed by atoms with van der Waals surface area (Å²) in [6.45, 7) is 2.28. The lowest BCUT2D eigenvalue weighted by Crippen LogP contribution is -2.53. The molecule has 1 aliphatic carbocycles. The third-order valence-corrected chi connectivity index (χ3v) is 3.53. The Morgan fingerprint density at radius 1 is 1.50 bits per heavy atom. The summed E-state index contributed by atoms with van der Waals surface area (Å²) in [6.07, 6.45) is 2.13. The number of nitrogens with two attached hydrogens (primary N) is 1. The molecule has 1 aromatic rings. The van der Waals surface area contributed by atoms with Crippen molar-refractivity contribution in [3.8, 4) is 11.5 Å². The lowest BCUT2D eigenvalue weighted by Gasteiger charge is -2.29. The van der Waals surface area contributed by atoms with E-state index in [9.17, 15) is 15.0 Å². The average molecular weight is 250 g/mol. The Morgan fingerprint density at radius 3 is 2.67 bits per heavy atom. The molecule has 98 valence electrons. The molecule has 1 aliphatic rings. The monoisotopic (exact) mass is 250 g/mol. The third kappa shape index (κ3) is 2.41. The highest BCUT2D eigenvalue weighted by Crippen LogP contribution is 2.39. The van der Waals surface area contributed by atoms with Gasteiger partial charge in [-0.05, 0) is 37.8 Å². The summed E-state index contributed by atoms with van der Waals surface area (Å²) in [7, 11) is 0. The van der Waals surface area contributed by atoms with Crippen molar-refractivity contribution in [3.63, 3.8) is 0 Å².